The van der Waals surface area contributed by atoms with Crippen molar-refractivity contribution >= 4 is 34.9 Å². The highest BCUT2D eigenvalue weighted by atomic mass is 35.5. The summed E-state index contributed by atoms with van der Waals surface area (Å²) in [5.41, 5.74) is 1.87. The van der Waals surface area contributed by atoms with Crippen molar-refractivity contribution in [2.24, 2.45) is 0 Å². The van der Waals surface area contributed by atoms with E-state index in [2.05, 4.69) is 10.6 Å². The topological polar surface area (TPSA) is 59.6 Å². The van der Waals surface area contributed by atoms with Gasteiger partial charge in [0.2, 0.25) is 0 Å². The zero-order chi connectivity index (χ0) is 16.1. The summed E-state index contributed by atoms with van der Waals surface area (Å²) in [5, 5.41) is 7.01. The van der Waals surface area contributed by atoms with E-state index in [0.29, 0.717) is 28.0 Å². The Morgan fingerprint density at radius 1 is 1.36 bits per heavy atom. The van der Waals surface area contributed by atoms with E-state index >= 15 is 0 Å². The molecule has 1 aromatic rings. The number of nitrogens with one attached hydrogen (secondary N) is 2. The third-order valence-corrected chi connectivity index (χ3v) is 3.79. The van der Waals surface area contributed by atoms with Crippen molar-refractivity contribution in [3.63, 3.8) is 0 Å². The monoisotopic (exact) mass is 340 g/mol. The molecule has 0 aromatic heterocycles. The highest BCUT2D eigenvalue weighted by Gasteiger charge is 2.31. The van der Waals surface area contributed by atoms with E-state index in [1.807, 2.05) is 18.2 Å². The summed E-state index contributed by atoms with van der Waals surface area (Å²) in [6, 6.07) is 6.86. The molecule has 22 heavy (non-hydrogen) atoms. The van der Waals surface area contributed by atoms with Gasteiger partial charge in [-0.25, -0.2) is 4.79 Å². The second kappa shape index (κ2) is 7.58. The smallest absolute Gasteiger partial charge is 0.338 e. The fraction of sp³-hybridized carbons (Fsp3) is 0.333. The van der Waals surface area contributed by atoms with Crippen molar-refractivity contribution < 1.29 is 14.3 Å². The lowest BCUT2D eigenvalue weighted by Crippen LogP contribution is -2.45. The molecule has 1 heterocycles. The molecular formula is C15H17ClN2O3S. The highest BCUT2D eigenvalue weighted by Crippen LogP contribution is 2.31. The molecule has 1 aliphatic heterocycles. The Hall–Kier alpha value is -1.63. The number of carbonyl (C=O) groups excluding carboxylic acids is 1. The Balaban J connectivity index is 2.33. The van der Waals surface area contributed by atoms with Crippen LogP contribution in [0.3, 0.4) is 0 Å². The van der Waals surface area contributed by atoms with Gasteiger partial charge < -0.3 is 20.1 Å². The van der Waals surface area contributed by atoms with Crippen LogP contribution in [0.4, 0.5) is 0 Å². The van der Waals surface area contributed by atoms with Gasteiger partial charge in [0.25, 0.3) is 0 Å². The Labute approximate surface area is 139 Å². The first-order chi connectivity index (χ1) is 10.5. The summed E-state index contributed by atoms with van der Waals surface area (Å²) in [7, 11) is 1.55. The van der Waals surface area contributed by atoms with E-state index in [4.69, 9.17) is 33.3 Å². The van der Waals surface area contributed by atoms with Gasteiger partial charge in [0.1, 0.15) is 6.61 Å². The number of methoxy groups -OCH3 is 1. The van der Waals surface area contributed by atoms with Crippen molar-refractivity contribution in [1.82, 2.24) is 10.6 Å². The summed E-state index contributed by atoms with van der Waals surface area (Å²) in [5.74, 6) is -0.429. The number of ether oxygens (including phenoxy) is 2. The maximum absolute atomic E-state index is 12.4. The van der Waals surface area contributed by atoms with Gasteiger partial charge in [0.15, 0.2) is 5.11 Å². The fourth-order valence-corrected chi connectivity index (χ4v) is 2.72. The molecule has 0 saturated carbocycles. The number of rotatable bonds is 5. The lowest BCUT2D eigenvalue weighted by atomic mass is 9.95. The van der Waals surface area contributed by atoms with E-state index < -0.39 is 12.0 Å². The van der Waals surface area contributed by atoms with Gasteiger partial charge in [-0.3, -0.25) is 0 Å². The van der Waals surface area contributed by atoms with Gasteiger partial charge in [-0.05, 0) is 30.8 Å². The molecule has 0 unspecified atom stereocenters. The molecule has 5 nitrogen and oxygen atoms in total. The zero-order valence-electron chi connectivity index (χ0n) is 12.3. The molecule has 1 atom stereocenters. The third kappa shape index (κ3) is 3.76. The fourth-order valence-electron chi connectivity index (χ4n) is 2.20. The summed E-state index contributed by atoms with van der Waals surface area (Å²) in [6.45, 7) is 2.31. The molecule has 1 aliphatic rings. The second-order valence-corrected chi connectivity index (χ2v) is 5.54. The molecular weight excluding hydrogens is 324 g/mol. The maximum Gasteiger partial charge on any atom is 0.338 e. The largest absolute Gasteiger partial charge is 0.460 e. The van der Waals surface area contributed by atoms with E-state index in [1.165, 1.54) is 0 Å². The second-order valence-electron chi connectivity index (χ2n) is 4.72. The molecule has 118 valence electrons. The molecule has 2 rings (SSSR count). The standard InChI is InChI=1S/C15H17ClN2O3S/c1-9-12(14(19)21-8-7-20-2)13(18-15(22)17-9)10-5-3-4-6-11(10)16/h3-6,13H,7-8H2,1-2H3,(H2,17,18,22)/t13-/m1/s1. The van der Waals surface area contributed by atoms with Crippen LogP contribution in [-0.4, -0.2) is 31.4 Å². The van der Waals surface area contributed by atoms with Crippen LogP contribution in [-0.2, 0) is 14.3 Å². The average Bonchev–Trinajstić information content (AvgIpc) is 2.47. The van der Waals surface area contributed by atoms with Crippen molar-refractivity contribution in [3.8, 4) is 0 Å². The lowest BCUT2D eigenvalue weighted by Gasteiger charge is -2.30. The van der Waals surface area contributed by atoms with Gasteiger partial charge in [0, 0.05) is 17.8 Å². The summed E-state index contributed by atoms with van der Waals surface area (Å²) in [4.78, 5) is 12.4. The van der Waals surface area contributed by atoms with Crippen LogP contribution in [0.1, 0.15) is 18.5 Å². The molecule has 0 aliphatic carbocycles. The number of esters is 1. The quantitative estimate of drug-likeness (QED) is 0.487. The minimum absolute atomic E-state index is 0.186. The van der Waals surface area contributed by atoms with E-state index in [1.54, 1.807) is 20.1 Å². The predicted molar refractivity (Wildman–Crippen MR) is 88.6 cm³/mol. The number of hydrogen-bond acceptors (Lipinski definition) is 4. The van der Waals surface area contributed by atoms with Gasteiger partial charge in [-0.1, -0.05) is 29.8 Å². The minimum atomic E-state index is -0.447. The van der Waals surface area contributed by atoms with E-state index in [-0.39, 0.29) is 6.61 Å². The Kier molecular flexibility index (Phi) is 5.76. The molecule has 0 fully saturated rings. The van der Waals surface area contributed by atoms with Crippen LogP contribution in [0, 0.1) is 0 Å². The summed E-state index contributed by atoms with van der Waals surface area (Å²) >= 11 is 11.4. The van der Waals surface area contributed by atoms with Crippen LogP contribution >= 0.6 is 23.8 Å². The van der Waals surface area contributed by atoms with Crippen molar-refractivity contribution in [2.45, 2.75) is 13.0 Å². The van der Waals surface area contributed by atoms with Crippen LogP contribution in [0.2, 0.25) is 5.02 Å². The first kappa shape index (κ1) is 16.7. The molecule has 0 radical (unpaired) electrons. The number of thiocarbonyl (C=S) groups is 1. The molecule has 0 spiro atoms. The third-order valence-electron chi connectivity index (χ3n) is 3.23. The van der Waals surface area contributed by atoms with Crippen LogP contribution < -0.4 is 10.6 Å². The van der Waals surface area contributed by atoms with E-state index in [9.17, 15) is 4.79 Å². The first-order valence-electron chi connectivity index (χ1n) is 6.73. The number of halogens is 1. The predicted octanol–water partition coefficient (Wildman–Crippen LogP) is 2.32. The van der Waals surface area contributed by atoms with Crippen LogP contribution in [0.15, 0.2) is 35.5 Å². The highest BCUT2D eigenvalue weighted by molar-refractivity contribution is 7.80. The normalized spacial score (nSPS) is 17.8. The maximum atomic E-state index is 12.4. The minimum Gasteiger partial charge on any atom is -0.460 e. The van der Waals surface area contributed by atoms with Crippen LogP contribution in [0.25, 0.3) is 0 Å². The Morgan fingerprint density at radius 2 is 2.09 bits per heavy atom. The number of carbonyl (C=O) groups is 1. The lowest BCUT2D eigenvalue weighted by molar-refractivity contribution is -0.140. The molecule has 2 N–H and O–H groups in total. The van der Waals surface area contributed by atoms with Crippen molar-refractivity contribution in [2.75, 3.05) is 20.3 Å². The zero-order valence-corrected chi connectivity index (χ0v) is 13.9. The van der Waals surface area contributed by atoms with Crippen molar-refractivity contribution in [1.29, 1.82) is 0 Å². The van der Waals surface area contributed by atoms with Crippen molar-refractivity contribution in [3.05, 3.63) is 46.1 Å². The number of hydrogen-bond donors (Lipinski definition) is 2. The summed E-state index contributed by atoms with van der Waals surface area (Å²) in [6.07, 6.45) is 0. The average molecular weight is 341 g/mol. The van der Waals surface area contributed by atoms with Gasteiger partial charge in [-0.2, -0.15) is 0 Å². The molecule has 7 heteroatoms. The van der Waals surface area contributed by atoms with Gasteiger partial charge in [-0.15, -0.1) is 0 Å². The van der Waals surface area contributed by atoms with Gasteiger partial charge in [0.05, 0.1) is 18.2 Å². The summed E-state index contributed by atoms with van der Waals surface area (Å²) < 4.78 is 10.1. The van der Waals surface area contributed by atoms with Crippen LogP contribution in [0.5, 0.6) is 0 Å². The first-order valence-corrected chi connectivity index (χ1v) is 7.52. The Bertz CT molecular complexity index is 619. The SMILES string of the molecule is COCCOC(=O)C1=C(C)NC(=S)N[C@@H]1c1ccccc1Cl. The molecule has 0 saturated heterocycles. The molecule has 1 aromatic carbocycles. The Morgan fingerprint density at radius 3 is 2.77 bits per heavy atom. The molecule has 0 bridgehead atoms. The van der Waals surface area contributed by atoms with E-state index in [0.717, 1.165) is 5.56 Å². The van der Waals surface area contributed by atoms with Gasteiger partial charge >= 0.3 is 5.97 Å². The number of benzene rings is 1. The number of allylic oxidation sites excluding steroid dienone is 1. The molecule has 0 amide bonds.